The quantitative estimate of drug-likeness (QED) is 0.749. The van der Waals surface area contributed by atoms with Gasteiger partial charge in [0.05, 0.1) is 17.8 Å². The van der Waals surface area contributed by atoms with Crippen molar-refractivity contribution in [3.8, 4) is 17.5 Å². The molecule has 24 heavy (non-hydrogen) atoms. The van der Waals surface area contributed by atoms with Crippen molar-refractivity contribution in [3.05, 3.63) is 54.2 Å². The molecular formula is C19H21N3O2. The summed E-state index contributed by atoms with van der Waals surface area (Å²) in [7, 11) is 0. The Morgan fingerprint density at radius 2 is 1.88 bits per heavy atom. The van der Waals surface area contributed by atoms with E-state index in [0.29, 0.717) is 18.3 Å². The number of aromatic nitrogens is 2. The number of rotatable bonds is 6. The fourth-order valence-electron chi connectivity index (χ4n) is 2.41. The van der Waals surface area contributed by atoms with E-state index in [1.807, 2.05) is 44.2 Å². The Labute approximate surface area is 141 Å². The molecule has 5 heteroatoms. The number of benzene rings is 1. The zero-order chi connectivity index (χ0) is 16.9. The van der Waals surface area contributed by atoms with Crippen LogP contribution in [0, 0.1) is 0 Å². The monoisotopic (exact) mass is 323 g/mol. The van der Waals surface area contributed by atoms with E-state index >= 15 is 0 Å². The lowest BCUT2D eigenvalue weighted by Crippen LogP contribution is -2.05. The van der Waals surface area contributed by atoms with Crippen LogP contribution in [0.25, 0.3) is 10.9 Å². The van der Waals surface area contributed by atoms with Crippen LogP contribution >= 0.6 is 0 Å². The zero-order valence-electron chi connectivity index (χ0n) is 13.9. The van der Waals surface area contributed by atoms with E-state index in [4.69, 9.17) is 15.2 Å². The fraction of sp³-hybridized carbons (Fsp3) is 0.263. The Hall–Kier alpha value is -2.66. The normalized spacial score (nSPS) is 11.0. The third-order valence-electron chi connectivity index (χ3n) is 3.45. The van der Waals surface area contributed by atoms with Crippen molar-refractivity contribution in [2.75, 3.05) is 6.54 Å². The molecule has 0 aliphatic carbocycles. The minimum atomic E-state index is 0.116. The van der Waals surface area contributed by atoms with Crippen molar-refractivity contribution in [2.45, 2.75) is 26.4 Å². The summed E-state index contributed by atoms with van der Waals surface area (Å²) in [4.78, 5) is 8.76. The Balaban J connectivity index is 1.76. The van der Waals surface area contributed by atoms with Gasteiger partial charge in [0.15, 0.2) is 0 Å². The molecule has 0 aliphatic rings. The summed E-state index contributed by atoms with van der Waals surface area (Å²) < 4.78 is 11.3. The van der Waals surface area contributed by atoms with Gasteiger partial charge in [-0.05, 0) is 56.6 Å². The number of ether oxygens (including phenoxy) is 2. The van der Waals surface area contributed by atoms with Crippen molar-refractivity contribution in [2.24, 2.45) is 5.73 Å². The molecule has 124 valence electrons. The highest BCUT2D eigenvalue weighted by Gasteiger charge is 2.04. The molecular weight excluding hydrogens is 302 g/mol. The highest BCUT2D eigenvalue weighted by molar-refractivity contribution is 5.79. The van der Waals surface area contributed by atoms with Crippen LogP contribution < -0.4 is 15.2 Å². The molecule has 5 nitrogen and oxygen atoms in total. The molecule has 0 amide bonds. The van der Waals surface area contributed by atoms with Gasteiger partial charge in [-0.25, -0.2) is 9.97 Å². The van der Waals surface area contributed by atoms with Gasteiger partial charge in [-0.15, -0.1) is 0 Å². The van der Waals surface area contributed by atoms with E-state index in [1.165, 1.54) is 5.56 Å². The van der Waals surface area contributed by atoms with Gasteiger partial charge in [-0.2, -0.15) is 0 Å². The molecule has 2 heterocycles. The Kier molecular flexibility index (Phi) is 4.91. The van der Waals surface area contributed by atoms with Gasteiger partial charge in [0, 0.05) is 17.5 Å². The molecule has 2 N–H and O–H groups in total. The first-order valence-corrected chi connectivity index (χ1v) is 8.04. The Morgan fingerprint density at radius 1 is 1.04 bits per heavy atom. The van der Waals surface area contributed by atoms with E-state index in [2.05, 4.69) is 16.0 Å². The van der Waals surface area contributed by atoms with Crippen molar-refractivity contribution in [3.63, 3.8) is 0 Å². The molecule has 2 aromatic heterocycles. The van der Waals surface area contributed by atoms with Crippen LogP contribution in [-0.4, -0.2) is 22.6 Å². The number of nitrogens with zero attached hydrogens (tertiary/aromatic N) is 2. The standard InChI is InChI=1S/C19H21N3O2/c1-13(2)23-16-5-8-18(21-12-16)24-19-7-4-15-11-14(9-10-20)3-6-17(15)22-19/h3-8,11-13H,9-10,20H2,1-2H3. The average Bonchev–Trinajstić information content (AvgIpc) is 2.57. The van der Waals surface area contributed by atoms with E-state index in [0.717, 1.165) is 23.1 Å². The van der Waals surface area contributed by atoms with Crippen LogP contribution in [0.5, 0.6) is 17.5 Å². The third-order valence-corrected chi connectivity index (χ3v) is 3.45. The second kappa shape index (κ2) is 7.27. The van der Waals surface area contributed by atoms with Crippen molar-refractivity contribution in [1.29, 1.82) is 0 Å². The maximum absolute atomic E-state index is 5.73. The van der Waals surface area contributed by atoms with E-state index in [1.54, 1.807) is 12.3 Å². The number of hydrogen-bond acceptors (Lipinski definition) is 5. The van der Waals surface area contributed by atoms with Gasteiger partial charge in [0.25, 0.3) is 0 Å². The topological polar surface area (TPSA) is 70.3 Å². The molecule has 0 spiro atoms. The van der Waals surface area contributed by atoms with E-state index in [-0.39, 0.29) is 6.10 Å². The number of fused-ring (bicyclic) bond motifs is 1. The van der Waals surface area contributed by atoms with E-state index < -0.39 is 0 Å². The highest BCUT2D eigenvalue weighted by Crippen LogP contribution is 2.23. The van der Waals surface area contributed by atoms with Crippen molar-refractivity contribution >= 4 is 10.9 Å². The molecule has 0 saturated carbocycles. The Bertz CT molecular complexity index is 816. The molecule has 0 bridgehead atoms. The Morgan fingerprint density at radius 3 is 2.58 bits per heavy atom. The van der Waals surface area contributed by atoms with Gasteiger partial charge >= 0.3 is 0 Å². The largest absolute Gasteiger partial charge is 0.489 e. The third kappa shape index (κ3) is 4.00. The molecule has 0 fully saturated rings. The molecule has 3 rings (SSSR count). The SMILES string of the molecule is CC(C)Oc1ccc(Oc2ccc3cc(CCN)ccc3n2)nc1. The summed E-state index contributed by atoms with van der Waals surface area (Å²) in [5.74, 6) is 1.72. The minimum Gasteiger partial charge on any atom is -0.489 e. The van der Waals surface area contributed by atoms with Gasteiger partial charge < -0.3 is 15.2 Å². The maximum Gasteiger partial charge on any atom is 0.221 e. The molecule has 1 aromatic carbocycles. The smallest absolute Gasteiger partial charge is 0.221 e. The second-order valence-electron chi connectivity index (χ2n) is 5.82. The summed E-state index contributed by atoms with van der Waals surface area (Å²) >= 11 is 0. The lowest BCUT2D eigenvalue weighted by molar-refractivity contribution is 0.241. The van der Waals surface area contributed by atoms with Crippen molar-refractivity contribution < 1.29 is 9.47 Å². The molecule has 3 aromatic rings. The van der Waals surface area contributed by atoms with E-state index in [9.17, 15) is 0 Å². The average molecular weight is 323 g/mol. The molecule has 0 aliphatic heterocycles. The minimum absolute atomic E-state index is 0.116. The fourth-order valence-corrected chi connectivity index (χ4v) is 2.41. The number of hydrogen-bond donors (Lipinski definition) is 1. The number of pyridine rings is 2. The first-order valence-electron chi connectivity index (χ1n) is 8.04. The summed E-state index contributed by atoms with van der Waals surface area (Å²) in [6, 6.07) is 13.6. The van der Waals surface area contributed by atoms with Gasteiger partial charge in [0.1, 0.15) is 5.75 Å². The second-order valence-corrected chi connectivity index (χ2v) is 5.82. The lowest BCUT2D eigenvalue weighted by Gasteiger charge is -2.10. The first kappa shape index (κ1) is 16.2. The summed E-state index contributed by atoms with van der Waals surface area (Å²) in [6.45, 7) is 4.59. The van der Waals surface area contributed by atoms with Crippen LogP contribution in [-0.2, 0) is 6.42 Å². The van der Waals surface area contributed by atoms with Gasteiger partial charge in [0.2, 0.25) is 11.8 Å². The van der Waals surface area contributed by atoms with Crippen LogP contribution in [0.15, 0.2) is 48.7 Å². The maximum atomic E-state index is 5.73. The highest BCUT2D eigenvalue weighted by atomic mass is 16.5. The summed E-state index contributed by atoms with van der Waals surface area (Å²) in [5, 5.41) is 1.07. The van der Waals surface area contributed by atoms with Crippen LogP contribution in [0.1, 0.15) is 19.4 Å². The summed E-state index contributed by atoms with van der Waals surface area (Å²) in [5.41, 5.74) is 7.69. The predicted octanol–water partition coefficient (Wildman–Crippen LogP) is 3.71. The zero-order valence-corrected chi connectivity index (χ0v) is 13.9. The van der Waals surface area contributed by atoms with Crippen LogP contribution in [0.3, 0.4) is 0 Å². The predicted molar refractivity (Wildman–Crippen MR) is 94.6 cm³/mol. The molecule has 0 saturated heterocycles. The summed E-state index contributed by atoms with van der Waals surface area (Å²) in [6.07, 6.45) is 2.63. The molecule has 0 atom stereocenters. The van der Waals surface area contributed by atoms with Gasteiger partial charge in [-0.1, -0.05) is 6.07 Å². The lowest BCUT2D eigenvalue weighted by atomic mass is 10.1. The van der Waals surface area contributed by atoms with Crippen LogP contribution in [0.4, 0.5) is 0 Å². The number of nitrogens with two attached hydrogens (primary N) is 1. The molecule has 0 radical (unpaired) electrons. The molecule has 0 unspecified atom stereocenters. The van der Waals surface area contributed by atoms with Gasteiger partial charge in [-0.3, -0.25) is 0 Å². The van der Waals surface area contributed by atoms with Crippen LogP contribution in [0.2, 0.25) is 0 Å². The van der Waals surface area contributed by atoms with Crippen molar-refractivity contribution in [1.82, 2.24) is 9.97 Å². The first-order chi connectivity index (χ1) is 11.6.